The van der Waals surface area contributed by atoms with Gasteiger partial charge in [-0.15, -0.1) is 11.3 Å². The zero-order valence-electron chi connectivity index (χ0n) is 13.9. The van der Waals surface area contributed by atoms with Gasteiger partial charge >= 0.3 is 6.09 Å². The largest absolute Gasteiger partial charge is 0.444 e. The van der Waals surface area contributed by atoms with Crippen molar-refractivity contribution in [3.05, 3.63) is 51.9 Å². The summed E-state index contributed by atoms with van der Waals surface area (Å²) in [5.41, 5.74) is 2.60. The van der Waals surface area contributed by atoms with E-state index in [-0.39, 0.29) is 12.0 Å². The Kier molecular flexibility index (Phi) is 4.59. The number of aryl methyl sites for hydroxylation is 1. The Balaban J connectivity index is 1.75. The molecule has 1 aliphatic rings. The zero-order valence-corrected chi connectivity index (χ0v) is 14.7. The second-order valence-electron chi connectivity index (χ2n) is 6.64. The summed E-state index contributed by atoms with van der Waals surface area (Å²) in [5.74, 6) is 0. The summed E-state index contributed by atoms with van der Waals surface area (Å²) < 4.78 is 5.26. The standard InChI is InChI=1S/C19H20N2O2S/c1-19(2)10-6-9-15-16(19)14(11-20)17(24-15)21-18(22)23-12-13-7-4-3-5-8-13/h3-5,7-8H,6,9-10,12H2,1-2H3,(H,21,22). The Bertz CT molecular complexity index is 788. The van der Waals surface area contributed by atoms with Crippen molar-refractivity contribution in [2.75, 3.05) is 5.32 Å². The maximum absolute atomic E-state index is 12.1. The van der Waals surface area contributed by atoms with Crippen molar-refractivity contribution < 1.29 is 9.53 Å². The number of nitrogens with one attached hydrogen (secondary N) is 1. The third kappa shape index (κ3) is 3.29. The molecule has 4 nitrogen and oxygen atoms in total. The molecular weight excluding hydrogens is 320 g/mol. The molecule has 1 heterocycles. The number of ether oxygens (including phenoxy) is 1. The third-order valence-corrected chi connectivity index (χ3v) is 5.57. The number of nitriles is 1. The summed E-state index contributed by atoms with van der Waals surface area (Å²) in [4.78, 5) is 13.3. The van der Waals surface area contributed by atoms with Crippen molar-refractivity contribution in [2.45, 2.75) is 45.1 Å². The molecule has 0 bridgehead atoms. The molecule has 0 radical (unpaired) electrons. The van der Waals surface area contributed by atoms with Crippen molar-refractivity contribution >= 4 is 22.4 Å². The monoisotopic (exact) mass is 340 g/mol. The van der Waals surface area contributed by atoms with Crippen molar-refractivity contribution in [3.8, 4) is 6.07 Å². The van der Waals surface area contributed by atoms with E-state index in [9.17, 15) is 10.1 Å². The van der Waals surface area contributed by atoms with Crippen LogP contribution in [0.1, 0.15) is 48.3 Å². The van der Waals surface area contributed by atoms with Crippen LogP contribution in [0.2, 0.25) is 0 Å². The van der Waals surface area contributed by atoms with Crippen molar-refractivity contribution in [3.63, 3.8) is 0 Å². The van der Waals surface area contributed by atoms with Crippen LogP contribution in [0.5, 0.6) is 0 Å². The van der Waals surface area contributed by atoms with Gasteiger partial charge < -0.3 is 4.74 Å². The maximum atomic E-state index is 12.1. The van der Waals surface area contributed by atoms with Crippen LogP contribution in [0.3, 0.4) is 0 Å². The lowest BCUT2D eigenvalue weighted by atomic mass is 9.74. The summed E-state index contributed by atoms with van der Waals surface area (Å²) >= 11 is 1.50. The van der Waals surface area contributed by atoms with E-state index in [0.717, 1.165) is 30.4 Å². The summed E-state index contributed by atoms with van der Waals surface area (Å²) in [7, 11) is 0. The number of thiophene rings is 1. The Morgan fingerprint density at radius 1 is 1.38 bits per heavy atom. The van der Waals surface area contributed by atoms with Gasteiger partial charge in [-0.2, -0.15) is 5.26 Å². The smallest absolute Gasteiger partial charge is 0.412 e. The molecule has 0 spiro atoms. The van der Waals surface area contributed by atoms with Gasteiger partial charge in [0.15, 0.2) is 0 Å². The fraction of sp³-hybridized carbons (Fsp3) is 0.368. The quantitative estimate of drug-likeness (QED) is 0.857. The van der Waals surface area contributed by atoms with E-state index in [1.807, 2.05) is 30.3 Å². The summed E-state index contributed by atoms with van der Waals surface area (Å²) in [6.07, 6.45) is 2.62. The Morgan fingerprint density at radius 2 is 2.12 bits per heavy atom. The van der Waals surface area contributed by atoms with Gasteiger partial charge in [0, 0.05) is 4.88 Å². The van der Waals surface area contributed by atoms with Gasteiger partial charge in [0.25, 0.3) is 0 Å². The normalized spacial score (nSPS) is 15.2. The van der Waals surface area contributed by atoms with E-state index in [2.05, 4.69) is 25.2 Å². The number of carbonyl (C=O) groups excluding carboxylic acids is 1. The van der Waals surface area contributed by atoms with Crippen LogP contribution < -0.4 is 5.32 Å². The van der Waals surface area contributed by atoms with Gasteiger partial charge in [-0.05, 0) is 35.8 Å². The highest BCUT2D eigenvalue weighted by atomic mass is 32.1. The van der Waals surface area contributed by atoms with Crippen LogP contribution in [0, 0.1) is 11.3 Å². The molecule has 1 aromatic carbocycles. The van der Waals surface area contributed by atoms with Crippen molar-refractivity contribution in [2.24, 2.45) is 0 Å². The third-order valence-electron chi connectivity index (χ3n) is 4.40. The van der Waals surface area contributed by atoms with E-state index in [1.165, 1.54) is 16.2 Å². The van der Waals surface area contributed by atoms with Gasteiger partial charge in [0.05, 0.1) is 5.56 Å². The fourth-order valence-corrected chi connectivity index (χ4v) is 4.59. The molecule has 0 saturated carbocycles. The number of nitrogens with zero attached hydrogens (tertiary/aromatic N) is 1. The lowest BCUT2D eigenvalue weighted by molar-refractivity contribution is 0.155. The molecule has 3 rings (SSSR count). The summed E-state index contributed by atoms with van der Waals surface area (Å²) in [6.45, 7) is 4.54. The summed E-state index contributed by atoms with van der Waals surface area (Å²) in [6, 6.07) is 11.8. The highest BCUT2D eigenvalue weighted by Gasteiger charge is 2.34. The number of hydrogen-bond acceptors (Lipinski definition) is 4. The number of carbonyl (C=O) groups is 1. The minimum atomic E-state index is -0.522. The Labute approximate surface area is 146 Å². The van der Waals surface area contributed by atoms with E-state index in [1.54, 1.807) is 0 Å². The highest BCUT2D eigenvalue weighted by Crippen LogP contribution is 2.46. The lowest BCUT2D eigenvalue weighted by Gasteiger charge is -2.30. The van der Waals surface area contributed by atoms with Gasteiger partial charge in [0.1, 0.15) is 17.7 Å². The molecule has 2 aromatic rings. The number of anilines is 1. The minimum absolute atomic E-state index is 0.0248. The van der Waals surface area contributed by atoms with E-state index in [0.29, 0.717) is 10.6 Å². The van der Waals surface area contributed by atoms with Crippen LogP contribution in [0.15, 0.2) is 30.3 Å². The molecule has 0 fully saturated rings. The lowest BCUT2D eigenvalue weighted by Crippen LogP contribution is -2.23. The highest BCUT2D eigenvalue weighted by molar-refractivity contribution is 7.16. The average molecular weight is 340 g/mol. The number of hydrogen-bond donors (Lipinski definition) is 1. The molecule has 0 unspecified atom stereocenters. The number of amides is 1. The molecule has 1 aromatic heterocycles. The summed E-state index contributed by atoms with van der Waals surface area (Å²) in [5, 5.41) is 12.9. The first-order chi connectivity index (χ1) is 11.5. The first-order valence-electron chi connectivity index (χ1n) is 8.05. The number of fused-ring (bicyclic) bond motifs is 1. The molecule has 1 aliphatic carbocycles. The average Bonchev–Trinajstić information content (AvgIpc) is 2.92. The van der Waals surface area contributed by atoms with E-state index < -0.39 is 6.09 Å². The fourth-order valence-electron chi connectivity index (χ4n) is 3.23. The topological polar surface area (TPSA) is 62.1 Å². The van der Waals surface area contributed by atoms with Crippen LogP contribution in [0.4, 0.5) is 9.80 Å². The van der Waals surface area contributed by atoms with E-state index >= 15 is 0 Å². The van der Waals surface area contributed by atoms with Crippen LogP contribution in [-0.2, 0) is 23.2 Å². The zero-order chi connectivity index (χ0) is 17.2. The van der Waals surface area contributed by atoms with Gasteiger partial charge in [-0.1, -0.05) is 44.2 Å². The number of rotatable bonds is 3. The van der Waals surface area contributed by atoms with Crippen LogP contribution in [0.25, 0.3) is 0 Å². The van der Waals surface area contributed by atoms with Gasteiger partial charge in [0.2, 0.25) is 0 Å². The molecule has 0 aliphatic heterocycles. The first kappa shape index (κ1) is 16.5. The predicted octanol–water partition coefficient (Wildman–Crippen LogP) is 4.98. The van der Waals surface area contributed by atoms with Crippen LogP contribution in [-0.4, -0.2) is 6.09 Å². The molecular formula is C19H20N2O2S. The van der Waals surface area contributed by atoms with Gasteiger partial charge in [-0.3, -0.25) is 5.32 Å². The maximum Gasteiger partial charge on any atom is 0.412 e. The molecule has 1 N–H and O–H groups in total. The van der Waals surface area contributed by atoms with Crippen LogP contribution >= 0.6 is 11.3 Å². The second kappa shape index (κ2) is 6.66. The molecule has 5 heteroatoms. The molecule has 24 heavy (non-hydrogen) atoms. The first-order valence-corrected chi connectivity index (χ1v) is 8.87. The van der Waals surface area contributed by atoms with Gasteiger partial charge in [-0.25, -0.2) is 4.79 Å². The minimum Gasteiger partial charge on any atom is -0.444 e. The van der Waals surface area contributed by atoms with Crippen molar-refractivity contribution in [1.82, 2.24) is 0 Å². The molecule has 1 amide bonds. The molecule has 0 saturated heterocycles. The SMILES string of the molecule is CC1(C)CCCc2sc(NC(=O)OCc3ccccc3)c(C#N)c21. The second-order valence-corrected chi connectivity index (χ2v) is 7.75. The Morgan fingerprint density at radius 3 is 2.83 bits per heavy atom. The molecule has 124 valence electrons. The van der Waals surface area contributed by atoms with E-state index in [4.69, 9.17) is 4.74 Å². The number of benzene rings is 1. The molecule has 0 atom stereocenters. The van der Waals surface area contributed by atoms with Crippen molar-refractivity contribution in [1.29, 1.82) is 5.26 Å². The Hall–Kier alpha value is -2.32. The predicted molar refractivity (Wildman–Crippen MR) is 95.2 cm³/mol.